The maximum absolute atomic E-state index is 10.8. The smallest absolute Gasteiger partial charge is 0.258 e. The molecule has 0 unspecified atom stereocenters. The molecule has 0 amide bonds. The molecular weight excluding hydrogens is 294 g/mol. The quantitative estimate of drug-likeness (QED) is 0.419. The first-order valence-electron chi connectivity index (χ1n) is 7.00. The predicted octanol–water partition coefficient (Wildman–Crippen LogP) is 3.19. The van der Waals surface area contributed by atoms with Crippen LogP contribution in [0.1, 0.15) is 5.69 Å². The topological polar surface area (TPSA) is 86.7 Å². The van der Waals surface area contributed by atoms with E-state index in [2.05, 4.69) is 15.1 Å². The Labute approximate surface area is 130 Å². The lowest BCUT2D eigenvalue weighted by atomic mass is 10.3. The summed E-state index contributed by atoms with van der Waals surface area (Å²) in [6, 6.07) is 13.8. The maximum Gasteiger partial charge on any atom is 0.269 e. The summed E-state index contributed by atoms with van der Waals surface area (Å²) in [4.78, 5) is 19.6. The number of non-ortho nitro benzene ring substituents is 1. The molecule has 23 heavy (non-hydrogen) atoms. The average Bonchev–Trinajstić information content (AvgIpc) is 2.89. The van der Waals surface area contributed by atoms with Crippen molar-refractivity contribution < 1.29 is 4.92 Å². The van der Waals surface area contributed by atoms with Crippen LogP contribution in [0.4, 0.5) is 5.69 Å². The zero-order valence-electron chi connectivity index (χ0n) is 12.2. The van der Waals surface area contributed by atoms with Gasteiger partial charge in [-0.05, 0) is 31.2 Å². The van der Waals surface area contributed by atoms with E-state index in [0.717, 1.165) is 22.2 Å². The Morgan fingerprint density at radius 1 is 1.00 bits per heavy atom. The molecule has 0 aliphatic rings. The highest BCUT2D eigenvalue weighted by atomic mass is 16.6. The minimum atomic E-state index is -0.427. The third-order valence-corrected chi connectivity index (χ3v) is 3.65. The first-order chi connectivity index (χ1) is 11.1. The second-order valence-corrected chi connectivity index (χ2v) is 5.16. The highest BCUT2D eigenvalue weighted by Crippen LogP contribution is 2.23. The Hall–Kier alpha value is -3.35. The average molecular weight is 305 g/mol. The predicted molar refractivity (Wildman–Crippen MR) is 85.6 cm³/mol. The Balaban J connectivity index is 1.96. The van der Waals surface area contributed by atoms with Crippen molar-refractivity contribution in [1.29, 1.82) is 0 Å². The SMILES string of the molecule is Cc1nn(-c2ccc([N+](=O)[O-])cc2)c2nc3ccccc3nc12. The number of nitro groups is 1. The molecule has 4 rings (SSSR count). The van der Waals surface area contributed by atoms with Crippen molar-refractivity contribution in [3.05, 3.63) is 64.3 Å². The van der Waals surface area contributed by atoms with Gasteiger partial charge in [-0.25, -0.2) is 14.6 Å². The molecule has 2 heterocycles. The lowest BCUT2D eigenvalue weighted by molar-refractivity contribution is -0.384. The molecule has 0 fully saturated rings. The lowest BCUT2D eigenvalue weighted by Crippen LogP contribution is -1.99. The number of aryl methyl sites for hydroxylation is 1. The number of hydrogen-bond acceptors (Lipinski definition) is 5. The van der Waals surface area contributed by atoms with E-state index in [0.29, 0.717) is 11.3 Å². The van der Waals surface area contributed by atoms with Crippen LogP contribution in [0.5, 0.6) is 0 Å². The van der Waals surface area contributed by atoms with Gasteiger partial charge in [-0.2, -0.15) is 5.10 Å². The number of benzene rings is 2. The monoisotopic (exact) mass is 305 g/mol. The number of rotatable bonds is 2. The molecule has 0 atom stereocenters. The summed E-state index contributed by atoms with van der Waals surface area (Å²) < 4.78 is 1.66. The van der Waals surface area contributed by atoms with Gasteiger partial charge in [-0.15, -0.1) is 0 Å². The summed E-state index contributed by atoms with van der Waals surface area (Å²) >= 11 is 0. The molecule has 4 aromatic rings. The fraction of sp³-hybridized carbons (Fsp3) is 0.0625. The number of para-hydroxylation sites is 2. The molecule has 0 N–H and O–H groups in total. The summed E-state index contributed by atoms with van der Waals surface area (Å²) in [5.41, 5.74) is 4.46. The van der Waals surface area contributed by atoms with Gasteiger partial charge in [0, 0.05) is 12.1 Å². The molecule has 0 aliphatic heterocycles. The molecule has 0 radical (unpaired) electrons. The summed E-state index contributed by atoms with van der Waals surface area (Å²) in [5, 5.41) is 15.3. The molecule has 0 aliphatic carbocycles. The molecule has 2 aromatic carbocycles. The zero-order valence-corrected chi connectivity index (χ0v) is 12.2. The van der Waals surface area contributed by atoms with Gasteiger partial charge < -0.3 is 0 Å². The second kappa shape index (κ2) is 4.84. The molecular formula is C16H11N5O2. The van der Waals surface area contributed by atoms with Crippen molar-refractivity contribution in [2.24, 2.45) is 0 Å². The third-order valence-electron chi connectivity index (χ3n) is 3.65. The molecule has 2 aromatic heterocycles. The van der Waals surface area contributed by atoms with Gasteiger partial charge in [0.2, 0.25) is 0 Å². The number of nitrogens with zero attached hydrogens (tertiary/aromatic N) is 5. The molecule has 0 saturated carbocycles. The van der Waals surface area contributed by atoms with Gasteiger partial charge in [0.25, 0.3) is 5.69 Å². The van der Waals surface area contributed by atoms with Crippen LogP contribution in [0.15, 0.2) is 48.5 Å². The van der Waals surface area contributed by atoms with Crippen LogP contribution < -0.4 is 0 Å². The molecule has 0 saturated heterocycles. The summed E-state index contributed by atoms with van der Waals surface area (Å²) in [6.45, 7) is 1.87. The van der Waals surface area contributed by atoms with Crippen LogP contribution in [0.3, 0.4) is 0 Å². The Morgan fingerprint density at radius 2 is 1.65 bits per heavy atom. The van der Waals surface area contributed by atoms with Crippen molar-refractivity contribution in [3.63, 3.8) is 0 Å². The number of fused-ring (bicyclic) bond motifs is 2. The van der Waals surface area contributed by atoms with Crippen LogP contribution >= 0.6 is 0 Å². The van der Waals surface area contributed by atoms with E-state index >= 15 is 0 Å². The van der Waals surface area contributed by atoms with E-state index in [1.54, 1.807) is 16.8 Å². The van der Waals surface area contributed by atoms with Gasteiger partial charge in [-0.1, -0.05) is 12.1 Å². The minimum Gasteiger partial charge on any atom is -0.258 e. The van der Waals surface area contributed by atoms with Crippen molar-refractivity contribution in [2.45, 2.75) is 6.92 Å². The normalized spacial score (nSPS) is 11.2. The highest BCUT2D eigenvalue weighted by Gasteiger charge is 2.14. The fourth-order valence-electron chi connectivity index (χ4n) is 2.52. The van der Waals surface area contributed by atoms with Crippen LogP contribution in [0.2, 0.25) is 0 Å². The summed E-state index contributed by atoms with van der Waals surface area (Å²) in [5.74, 6) is 0. The Kier molecular flexibility index (Phi) is 2.80. The zero-order chi connectivity index (χ0) is 16.0. The molecule has 0 spiro atoms. The lowest BCUT2D eigenvalue weighted by Gasteiger charge is -2.03. The third kappa shape index (κ3) is 2.10. The molecule has 7 heteroatoms. The van der Waals surface area contributed by atoms with Crippen molar-refractivity contribution in [1.82, 2.24) is 19.7 Å². The largest absolute Gasteiger partial charge is 0.269 e. The van der Waals surface area contributed by atoms with E-state index in [1.807, 2.05) is 31.2 Å². The summed E-state index contributed by atoms with van der Waals surface area (Å²) in [6.07, 6.45) is 0. The van der Waals surface area contributed by atoms with Crippen molar-refractivity contribution in [2.75, 3.05) is 0 Å². The van der Waals surface area contributed by atoms with Gasteiger partial charge in [-0.3, -0.25) is 10.1 Å². The second-order valence-electron chi connectivity index (χ2n) is 5.16. The molecule has 7 nitrogen and oxygen atoms in total. The number of hydrogen-bond donors (Lipinski definition) is 0. The van der Waals surface area contributed by atoms with Gasteiger partial charge in [0.15, 0.2) is 5.65 Å². The van der Waals surface area contributed by atoms with Crippen molar-refractivity contribution in [3.8, 4) is 5.69 Å². The number of nitro benzene ring substituents is 1. The fourth-order valence-corrected chi connectivity index (χ4v) is 2.52. The van der Waals surface area contributed by atoms with Gasteiger partial charge in [0.1, 0.15) is 5.52 Å². The van der Waals surface area contributed by atoms with Crippen LogP contribution in [-0.4, -0.2) is 24.7 Å². The van der Waals surface area contributed by atoms with Gasteiger partial charge in [0.05, 0.1) is 27.3 Å². The molecule has 0 bridgehead atoms. The first kappa shape index (κ1) is 13.3. The Bertz CT molecular complexity index is 1050. The van der Waals surface area contributed by atoms with E-state index in [1.165, 1.54) is 12.1 Å². The van der Waals surface area contributed by atoms with E-state index in [-0.39, 0.29) is 5.69 Å². The summed E-state index contributed by atoms with van der Waals surface area (Å²) in [7, 11) is 0. The number of aromatic nitrogens is 4. The van der Waals surface area contributed by atoms with E-state index in [9.17, 15) is 10.1 Å². The van der Waals surface area contributed by atoms with E-state index < -0.39 is 4.92 Å². The van der Waals surface area contributed by atoms with E-state index in [4.69, 9.17) is 0 Å². The Morgan fingerprint density at radius 3 is 2.30 bits per heavy atom. The highest BCUT2D eigenvalue weighted by molar-refractivity contribution is 5.86. The van der Waals surface area contributed by atoms with Crippen LogP contribution in [-0.2, 0) is 0 Å². The van der Waals surface area contributed by atoms with Gasteiger partial charge >= 0.3 is 0 Å². The standard InChI is InChI=1S/C16H11N5O2/c1-10-15-16(18-14-5-3-2-4-13(14)17-15)20(19-10)11-6-8-12(9-7-11)21(22)23/h2-9H,1H3. The first-order valence-corrected chi connectivity index (χ1v) is 7.00. The van der Waals surface area contributed by atoms with Crippen LogP contribution in [0, 0.1) is 17.0 Å². The maximum atomic E-state index is 10.8. The minimum absolute atomic E-state index is 0.0402. The van der Waals surface area contributed by atoms with Crippen molar-refractivity contribution >= 4 is 27.9 Å². The van der Waals surface area contributed by atoms with Crippen LogP contribution in [0.25, 0.3) is 27.9 Å². The molecule has 112 valence electrons.